The third-order valence-corrected chi connectivity index (χ3v) is 4.60. The molecule has 0 amide bonds. The van der Waals surface area contributed by atoms with Gasteiger partial charge in [0.15, 0.2) is 0 Å². The molecule has 2 N–H and O–H groups in total. The zero-order valence-electron chi connectivity index (χ0n) is 11.5. The first-order valence-corrected chi connectivity index (χ1v) is 7.73. The summed E-state index contributed by atoms with van der Waals surface area (Å²) in [6.07, 6.45) is 0.985. The maximum atomic E-state index is 12.3. The summed E-state index contributed by atoms with van der Waals surface area (Å²) in [4.78, 5) is 0.197. The molecule has 1 unspecified atom stereocenters. The van der Waals surface area contributed by atoms with Crippen molar-refractivity contribution in [2.24, 2.45) is 0 Å². The maximum Gasteiger partial charge on any atom is 0.241 e. The van der Waals surface area contributed by atoms with Gasteiger partial charge in [-0.3, -0.25) is 0 Å². The summed E-state index contributed by atoms with van der Waals surface area (Å²) in [6.45, 7) is 3.61. The number of aliphatic hydroxyl groups excluding tert-OH is 1. The minimum atomic E-state index is -3.57. The molecule has 1 rings (SSSR count). The number of ether oxygens (including phenoxy) is 1. The van der Waals surface area contributed by atoms with Gasteiger partial charge in [-0.25, -0.2) is 13.1 Å². The van der Waals surface area contributed by atoms with Gasteiger partial charge in [0.2, 0.25) is 10.0 Å². The predicted octanol–water partition coefficient (Wildman–Crippen LogP) is 1.31. The molecule has 0 aliphatic heterocycles. The molecule has 0 aliphatic carbocycles. The van der Waals surface area contributed by atoms with E-state index in [1.54, 1.807) is 12.1 Å². The SMILES string of the molecule is CCC(C)NS(=O)(=O)c1ccc(OC)cc1CCO. The quantitative estimate of drug-likeness (QED) is 0.793. The lowest BCUT2D eigenvalue weighted by Gasteiger charge is -2.15. The number of methoxy groups -OCH3 is 1. The highest BCUT2D eigenvalue weighted by atomic mass is 32.2. The van der Waals surface area contributed by atoms with Gasteiger partial charge in [0.1, 0.15) is 5.75 Å². The van der Waals surface area contributed by atoms with Crippen LogP contribution in [0.15, 0.2) is 23.1 Å². The van der Waals surface area contributed by atoms with Crippen molar-refractivity contribution >= 4 is 10.0 Å². The molecule has 1 atom stereocenters. The first kappa shape index (κ1) is 15.9. The number of hydrogen-bond acceptors (Lipinski definition) is 4. The summed E-state index contributed by atoms with van der Waals surface area (Å²) < 4.78 is 32.2. The molecule has 0 fully saturated rings. The van der Waals surface area contributed by atoms with Gasteiger partial charge in [0.25, 0.3) is 0 Å². The molecule has 0 spiro atoms. The lowest BCUT2D eigenvalue weighted by molar-refractivity contribution is 0.298. The molecule has 19 heavy (non-hydrogen) atoms. The van der Waals surface area contributed by atoms with Crippen LogP contribution in [0.3, 0.4) is 0 Å². The van der Waals surface area contributed by atoms with E-state index < -0.39 is 10.0 Å². The second-order valence-electron chi connectivity index (χ2n) is 4.38. The minimum absolute atomic E-state index is 0.112. The summed E-state index contributed by atoms with van der Waals surface area (Å²) in [5.41, 5.74) is 0.553. The van der Waals surface area contributed by atoms with Gasteiger partial charge in [0, 0.05) is 12.6 Å². The first-order chi connectivity index (χ1) is 8.94. The molecular formula is C13H21NO4S. The van der Waals surface area contributed by atoms with Crippen LogP contribution in [0.1, 0.15) is 25.8 Å². The molecule has 0 aliphatic rings. The molecule has 1 aromatic carbocycles. The molecule has 0 heterocycles. The number of hydrogen-bond donors (Lipinski definition) is 2. The number of rotatable bonds is 7. The van der Waals surface area contributed by atoms with Crippen molar-refractivity contribution in [1.82, 2.24) is 4.72 Å². The van der Waals surface area contributed by atoms with E-state index in [1.165, 1.54) is 13.2 Å². The molecule has 0 bridgehead atoms. The molecular weight excluding hydrogens is 266 g/mol. The van der Waals surface area contributed by atoms with Gasteiger partial charge in [0.05, 0.1) is 12.0 Å². The number of aliphatic hydroxyl groups is 1. The Labute approximate surface area is 114 Å². The van der Waals surface area contributed by atoms with Crippen LogP contribution in [0.2, 0.25) is 0 Å². The zero-order valence-corrected chi connectivity index (χ0v) is 12.3. The van der Waals surface area contributed by atoms with Crippen LogP contribution < -0.4 is 9.46 Å². The van der Waals surface area contributed by atoms with Crippen LogP contribution in [0.25, 0.3) is 0 Å². The third kappa shape index (κ3) is 4.19. The van der Waals surface area contributed by atoms with Crippen molar-refractivity contribution in [3.63, 3.8) is 0 Å². The number of sulfonamides is 1. The maximum absolute atomic E-state index is 12.3. The van der Waals surface area contributed by atoms with Crippen molar-refractivity contribution < 1.29 is 18.3 Å². The van der Waals surface area contributed by atoms with Crippen LogP contribution in [-0.4, -0.2) is 33.3 Å². The van der Waals surface area contributed by atoms with Gasteiger partial charge >= 0.3 is 0 Å². The Bertz CT molecular complexity index is 513. The summed E-state index contributed by atoms with van der Waals surface area (Å²) in [5.74, 6) is 0.575. The molecule has 6 heteroatoms. The Balaban J connectivity index is 3.17. The molecule has 108 valence electrons. The van der Waals surface area contributed by atoms with Gasteiger partial charge in [-0.2, -0.15) is 0 Å². The van der Waals surface area contributed by atoms with E-state index in [1.807, 2.05) is 13.8 Å². The fourth-order valence-corrected chi connectivity index (χ4v) is 3.25. The van der Waals surface area contributed by atoms with Crippen molar-refractivity contribution in [2.45, 2.75) is 37.6 Å². The topological polar surface area (TPSA) is 75.6 Å². The summed E-state index contributed by atoms with van der Waals surface area (Å²) >= 11 is 0. The highest BCUT2D eigenvalue weighted by Gasteiger charge is 2.20. The van der Waals surface area contributed by atoms with Gasteiger partial charge in [-0.15, -0.1) is 0 Å². The Morgan fingerprint density at radius 3 is 2.63 bits per heavy atom. The van der Waals surface area contributed by atoms with E-state index in [0.29, 0.717) is 17.7 Å². The predicted molar refractivity (Wildman–Crippen MR) is 73.9 cm³/mol. The summed E-state index contributed by atoms with van der Waals surface area (Å²) in [5, 5.41) is 9.05. The van der Waals surface area contributed by atoms with Crippen molar-refractivity contribution in [3.05, 3.63) is 23.8 Å². The normalized spacial score (nSPS) is 13.3. The van der Waals surface area contributed by atoms with E-state index in [4.69, 9.17) is 9.84 Å². The molecule has 0 radical (unpaired) electrons. The van der Waals surface area contributed by atoms with Crippen LogP contribution >= 0.6 is 0 Å². The molecule has 5 nitrogen and oxygen atoms in total. The van der Waals surface area contributed by atoms with Gasteiger partial charge in [-0.05, 0) is 43.5 Å². The second kappa shape index (κ2) is 6.88. The Morgan fingerprint density at radius 1 is 1.42 bits per heavy atom. The minimum Gasteiger partial charge on any atom is -0.497 e. The molecule has 0 saturated heterocycles. The van der Waals surface area contributed by atoms with Crippen molar-refractivity contribution in [1.29, 1.82) is 0 Å². The Hall–Kier alpha value is -1.11. The fourth-order valence-electron chi connectivity index (χ4n) is 1.67. The average Bonchev–Trinajstić information content (AvgIpc) is 2.38. The number of benzene rings is 1. The Kier molecular flexibility index (Phi) is 5.78. The monoisotopic (exact) mass is 287 g/mol. The average molecular weight is 287 g/mol. The van der Waals surface area contributed by atoms with E-state index >= 15 is 0 Å². The summed E-state index contributed by atoms with van der Waals surface area (Å²) in [7, 11) is -2.05. The molecule has 0 aromatic heterocycles. The standard InChI is InChI=1S/C13H21NO4S/c1-4-10(2)14-19(16,17)13-6-5-12(18-3)9-11(13)7-8-15/h5-6,9-10,14-15H,4,7-8H2,1-3H3. The lowest BCUT2D eigenvalue weighted by Crippen LogP contribution is -2.32. The second-order valence-corrected chi connectivity index (χ2v) is 6.06. The number of nitrogens with one attached hydrogen (secondary N) is 1. The van der Waals surface area contributed by atoms with Crippen LogP contribution in [0.5, 0.6) is 5.75 Å². The van der Waals surface area contributed by atoms with Crippen molar-refractivity contribution in [3.8, 4) is 5.75 Å². The smallest absolute Gasteiger partial charge is 0.241 e. The highest BCUT2D eigenvalue weighted by Crippen LogP contribution is 2.22. The van der Waals surface area contributed by atoms with E-state index in [0.717, 1.165) is 0 Å². The zero-order chi connectivity index (χ0) is 14.5. The lowest BCUT2D eigenvalue weighted by atomic mass is 10.1. The van der Waals surface area contributed by atoms with Crippen molar-refractivity contribution in [2.75, 3.05) is 13.7 Å². The Morgan fingerprint density at radius 2 is 2.11 bits per heavy atom. The fraction of sp³-hybridized carbons (Fsp3) is 0.538. The van der Waals surface area contributed by atoms with Gasteiger partial charge in [-0.1, -0.05) is 6.92 Å². The highest BCUT2D eigenvalue weighted by molar-refractivity contribution is 7.89. The van der Waals surface area contributed by atoms with E-state index in [9.17, 15) is 8.42 Å². The molecule has 0 saturated carbocycles. The van der Waals surface area contributed by atoms with Gasteiger partial charge < -0.3 is 9.84 Å². The van der Waals surface area contributed by atoms with Crippen LogP contribution in [0.4, 0.5) is 0 Å². The van der Waals surface area contributed by atoms with E-state index in [2.05, 4.69) is 4.72 Å². The summed E-state index contributed by atoms with van der Waals surface area (Å²) in [6, 6.07) is 4.62. The first-order valence-electron chi connectivity index (χ1n) is 6.24. The van der Waals surface area contributed by atoms with Crippen LogP contribution in [0, 0.1) is 0 Å². The largest absolute Gasteiger partial charge is 0.497 e. The van der Waals surface area contributed by atoms with Crippen LogP contribution in [-0.2, 0) is 16.4 Å². The third-order valence-electron chi connectivity index (χ3n) is 2.91. The van der Waals surface area contributed by atoms with E-state index in [-0.39, 0.29) is 24.0 Å². The molecule has 1 aromatic rings.